The molecule has 0 aliphatic carbocycles. The molecule has 17 heteroatoms. The van der Waals surface area contributed by atoms with Gasteiger partial charge < -0.3 is 35.1 Å². The highest BCUT2D eigenvalue weighted by molar-refractivity contribution is 7.85. The fourth-order valence-corrected chi connectivity index (χ4v) is 8.25. The number of hydrogen-bond donors (Lipinski definition) is 3. The van der Waals surface area contributed by atoms with Crippen LogP contribution in [-0.4, -0.2) is 128 Å². The number of nitrogens with zero attached hydrogens (tertiary/aromatic N) is 4. The lowest BCUT2D eigenvalue weighted by atomic mass is 9.79. The normalized spacial score (nSPS) is 18.6. The summed E-state index contributed by atoms with van der Waals surface area (Å²) in [5, 5.41) is 23.8. The summed E-state index contributed by atoms with van der Waals surface area (Å²) in [6.45, 7) is 3.42. The average molecular weight is 775 g/mol. The molecular formula is C35H37Cl2N5O9S. The van der Waals surface area contributed by atoms with E-state index < -0.39 is 58.0 Å². The molecule has 2 atom stereocenters. The Morgan fingerprint density at radius 3 is 1.63 bits per heavy atom. The third-order valence-electron chi connectivity index (χ3n) is 9.25. The number of rotatable bonds is 10. The Morgan fingerprint density at radius 1 is 0.692 bits per heavy atom. The van der Waals surface area contributed by atoms with Crippen molar-refractivity contribution in [1.82, 2.24) is 24.9 Å². The smallest absolute Gasteiger partial charge is 0.334 e. The van der Waals surface area contributed by atoms with Crippen molar-refractivity contribution in [3.05, 3.63) is 86.7 Å². The van der Waals surface area contributed by atoms with Crippen molar-refractivity contribution < 1.29 is 43.2 Å². The molecule has 0 radical (unpaired) electrons. The number of halogens is 2. The predicted molar refractivity (Wildman–Crippen MR) is 191 cm³/mol. The maximum absolute atomic E-state index is 13.7. The summed E-state index contributed by atoms with van der Waals surface area (Å²) < 4.78 is 13.4. The highest BCUT2D eigenvalue weighted by Gasteiger charge is 2.42. The largest absolute Gasteiger partial charge is 0.478 e. The Bertz CT molecular complexity index is 1850. The second-order valence-electron chi connectivity index (χ2n) is 12.4. The summed E-state index contributed by atoms with van der Waals surface area (Å²) in [6.07, 6.45) is -0.836. The SMILES string of the molecule is CC(=O)N1CCN(C(=O)CC(=O)N2CCN(C(=O)CC3=C(C(=O)O)[C@H](c4c(Cl)cccc4Cl)C(C(=O)O)=C(CS(=O)c4ccccc4)N3)CC2)CC1. The third kappa shape index (κ3) is 8.65. The maximum Gasteiger partial charge on any atom is 0.334 e. The van der Waals surface area contributed by atoms with Crippen LogP contribution in [0.5, 0.6) is 0 Å². The summed E-state index contributed by atoms with van der Waals surface area (Å²) in [7, 11) is -1.77. The maximum atomic E-state index is 13.7. The summed E-state index contributed by atoms with van der Waals surface area (Å²) in [4.78, 5) is 83.5. The zero-order valence-electron chi connectivity index (χ0n) is 28.2. The van der Waals surface area contributed by atoms with Gasteiger partial charge in [-0.15, -0.1) is 0 Å². The van der Waals surface area contributed by atoms with Crippen molar-refractivity contribution in [3.8, 4) is 0 Å². The van der Waals surface area contributed by atoms with Gasteiger partial charge in [-0.3, -0.25) is 23.4 Å². The van der Waals surface area contributed by atoms with Crippen LogP contribution in [0.15, 0.2) is 76.0 Å². The number of hydrogen-bond acceptors (Lipinski definition) is 8. The van der Waals surface area contributed by atoms with E-state index in [9.17, 15) is 43.2 Å². The first-order valence-corrected chi connectivity index (χ1v) is 18.5. The Kier molecular flexibility index (Phi) is 12.4. The summed E-state index contributed by atoms with van der Waals surface area (Å²) in [5.41, 5.74) is -1.04. The number of amides is 4. The number of carboxylic acids is 2. The molecule has 2 fully saturated rings. The molecule has 52 heavy (non-hydrogen) atoms. The molecule has 0 spiro atoms. The van der Waals surface area contributed by atoms with Gasteiger partial charge in [-0.1, -0.05) is 47.5 Å². The number of carboxylic acid groups (broad SMARTS) is 2. The lowest BCUT2D eigenvalue weighted by Gasteiger charge is -2.37. The molecule has 3 N–H and O–H groups in total. The van der Waals surface area contributed by atoms with Gasteiger partial charge in [-0.05, 0) is 24.3 Å². The Morgan fingerprint density at radius 2 is 1.15 bits per heavy atom. The van der Waals surface area contributed by atoms with Crippen LogP contribution in [0, 0.1) is 0 Å². The second-order valence-corrected chi connectivity index (χ2v) is 14.7. The lowest BCUT2D eigenvalue weighted by Crippen LogP contribution is -2.53. The Hall–Kier alpha value is -4.73. The lowest BCUT2D eigenvalue weighted by molar-refractivity contribution is -0.146. The molecule has 3 aliphatic heterocycles. The van der Waals surface area contributed by atoms with E-state index in [1.807, 2.05) is 0 Å². The molecule has 276 valence electrons. The molecule has 3 heterocycles. The van der Waals surface area contributed by atoms with Crippen molar-refractivity contribution in [3.63, 3.8) is 0 Å². The molecule has 4 amide bonds. The van der Waals surface area contributed by atoms with Crippen LogP contribution in [0.2, 0.25) is 10.0 Å². The van der Waals surface area contributed by atoms with Gasteiger partial charge in [0.1, 0.15) is 6.42 Å². The molecule has 0 bridgehead atoms. The number of carbonyl (C=O) groups excluding carboxylic acids is 4. The monoisotopic (exact) mass is 773 g/mol. The number of nitrogens with one attached hydrogen (secondary N) is 1. The van der Waals surface area contributed by atoms with Gasteiger partial charge in [0.2, 0.25) is 23.6 Å². The topological polar surface area (TPSA) is 185 Å². The minimum atomic E-state index is -1.77. The standard InChI is InChI=1S/C35H37Cl2N5O9S/c1-21(43)39-10-12-41(13-11-39)28(45)19-29(46)42-16-14-40(15-17-42)27(44)18-25-31(34(47)48)33(30-23(36)8-5-9-24(30)37)32(35(49)50)26(38-25)20-52(51)22-6-3-2-4-7-22/h2-9,33,38H,10-20H2,1H3,(H,47,48)(H,49,50)/t33-,52?/m0/s1. The first kappa shape index (κ1) is 38.5. The van der Waals surface area contributed by atoms with Gasteiger partial charge in [0.25, 0.3) is 0 Å². The summed E-state index contributed by atoms with van der Waals surface area (Å²) in [5.74, 6) is -6.18. The minimum Gasteiger partial charge on any atom is -0.478 e. The number of benzene rings is 2. The van der Waals surface area contributed by atoms with E-state index in [-0.39, 0.29) is 77.2 Å². The molecule has 14 nitrogen and oxygen atoms in total. The van der Waals surface area contributed by atoms with Crippen LogP contribution in [0.1, 0.15) is 31.2 Å². The average Bonchev–Trinajstić information content (AvgIpc) is 3.11. The van der Waals surface area contributed by atoms with Crippen LogP contribution >= 0.6 is 23.2 Å². The Balaban J connectivity index is 1.35. The van der Waals surface area contributed by atoms with Gasteiger partial charge in [0.15, 0.2) is 0 Å². The predicted octanol–water partition coefficient (Wildman–Crippen LogP) is 2.31. The molecule has 2 saturated heterocycles. The highest BCUT2D eigenvalue weighted by Crippen LogP contribution is 2.45. The fraction of sp³-hybridized carbons (Fsp3) is 0.371. The van der Waals surface area contributed by atoms with E-state index in [4.69, 9.17) is 23.2 Å². The highest BCUT2D eigenvalue weighted by atomic mass is 35.5. The zero-order chi connectivity index (χ0) is 37.7. The quantitative estimate of drug-likeness (QED) is 0.303. The number of carbonyl (C=O) groups is 6. The van der Waals surface area contributed by atoms with Crippen molar-refractivity contribution in [2.24, 2.45) is 0 Å². The molecule has 2 aromatic carbocycles. The first-order chi connectivity index (χ1) is 24.8. The van der Waals surface area contributed by atoms with E-state index in [0.717, 1.165) is 0 Å². The molecule has 0 saturated carbocycles. The van der Waals surface area contributed by atoms with E-state index in [1.165, 1.54) is 34.9 Å². The zero-order valence-corrected chi connectivity index (χ0v) is 30.5. The van der Waals surface area contributed by atoms with Gasteiger partial charge in [0.05, 0.1) is 40.0 Å². The van der Waals surface area contributed by atoms with Crippen LogP contribution in [-0.2, 0) is 39.6 Å². The van der Waals surface area contributed by atoms with Crippen LogP contribution in [0.3, 0.4) is 0 Å². The van der Waals surface area contributed by atoms with Crippen molar-refractivity contribution in [2.45, 2.75) is 30.6 Å². The van der Waals surface area contributed by atoms with E-state index in [1.54, 1.807) is 40.1 Å². The van der Waals surface area contributed by atoms with Gasteiger partial charge in [-0.25, -0.2) is 9.59 Å². The molecule has 3 aliphatic rings. The number of aliphatic carboxylic acids is 2. The summed E-state index contributed by atoms with van der Waals surface area (Å²) >= 11 is 13.0. The minimum absolute atomic E-state index is 0.00343. The number of piperazine rings is 2. The number of dihydropyridines is 1. The van der Waals surface area contributed by atoms with Crippen molar-refractivity contribution in [1.29, 1.82) is 0 Å². The molecule has 5 rings (SSSR count). The molecule has 1 unspecified atom stereocenters. The third-order valence-corrected chi connectivity index (χ3v) is 11.3. The van der Waals surface area contributed by atoms with E-state index in [0.29, 0.717) is 31.1 Å². The molecular weight excluding hydrogens is 737 g/mol. The Labute approximate surface area is 312 Å². The molecule has 0 aromatic heterocycles. The van der Waals surface area contributed by atoms with Crippen LogP contribution in [0.25, 0.3) is 0 Å². The first-order valence-electron chi connectivity index (χ1n) is 16.4. The van der Waals surface area contributed by atoms with Gasteiger partial charge in [-0.2, -0.15) is 0 Å². The van der Waals surface area contributed by atoms with E-state index >= 15 is 0 Å². The van der Waals surface area contributed by atoms with Gasteiger partial charge >= 0.3 is 11.9 Å². The van der Waals surface area contributed by atoms with E-state index in [2.05, 4.69) is 5.32 Å². The van der Waals surface area contributed by atoms with Crippen LogP contribution in [0.4, 0.5) is 0 Å². The van der Waals surface area contributed by atoms with Gasteiger partial charge in [0, 0.05) is 91.2 Å². The second kappa shape index (κ2) is 16.7. The van der Waals surface area contributed by atoms with Crippen molar-refractivity contribution in [2.75, 3.05) is 58.1 Å². The summed E-state index contributed by atoms with van der Waals surface area (Å²) in [6, 6.07) is 12.7. The van der Waals surface area contributed by atoms with Crippen molar-refractivity contribution >= 4 is 69.6 Å². The van der Waals surface area contributed by atoms with Crippen LogP contribution < -0.4 is 5.32 Å². The molecule has 2 aromatic rings. The fourth-order valence-electron chi connectivity index (χ4n) is 6.52.